The summed E-state index contributed by atoms with van der Waals surface area (Å²) < 4.78 is 10.5. The van der Waals surface area contributed by atoms with Gasteiger partial charge in [0.25, 0.3) is 0 Å². The molecule has 7 nitrogen and oxygen atoms in total. The molecule has 27 heavy (non-hydrogen) atoms. The van der Waals surface area contributed by atoms with Crippen LogP contribution in [0.25, 0.3) is 0 Å². The molecule has 2 amide bonds. The van der Waals surface area contributed by atoms with Crippen molar-refractivity contribution in [1.29, 1.82) is 0 Å². The van der Waals surface area contributed by atoms with Crippen molar-refractivity contribution in [1.82, 2.24) is 10.2 Å². The van der Waals surface area contributed by atoms with Gasteiger partial charge in [0.05, 0.1) is 12.6 Å². The standard InChI is InChI=1S/C20H30N2O5/c1-20(2,3)27-18(24)21-13-17(23)16-9-7-15(8-10-16)14-26-19(25)22-11-5-4-6-12-22/h7-10,17,23H,4-6,11-14H2,1-3H3,(H,21,24)/t17-/m1/s1. The fourth-order valence-corrected chi connectivity index (χ4v) is 2.76. The van der Waals surface area contributed by atoms with Crippen LogP contribution >= 0.6 is 0 Å². The molecule has 1 atom stereocenters. The van der Waals surface area contributed by atoms with Crippen molar-refractivity contribution in [2.24, 2.45) is 0 Å². The van der Waals surface area contributed by atoms with Gasteiger partial charge in [-0.1, -0.05) is 24.3 Å². The third kappa shape index (κ3) is 7.46. The Morgan fingerprint density at radius 1 is 1.15 bits per heavy atom. The van der Waals surface area contributed by atoms with Crippen LogP contribution in [0.1, 0.15) is 57.3 Å². The Morgan fingerprint density at radius 3 is 2.37 bits per heavy atom. The van der Waals surface area contributed by atoms with Gasteiger partial charge in [0, 0.05) is 13.1 Å². The number of carbonyl (C=O) groups excluding carboxylic acids is 2. The van der Waals surface area contributed by atoms with Gasteiger partial charge in [-0.3, -0.25) is 0 Å². The Hall–Kier alpha value is -2.28. The monoisotopic (exact) mass is 378 g/mol. The van der Waals surface area contributed by atoms with E-state index in [0.29, 0.717) is 5.56 Å². The Morgan fingerprint density at radius 2 is 1.78 bits per heavy atom. The van der Waals surface area contributed by atoms with E-state index in [0.717, 1.165) is 37.9 Å². The average Bonchev–Trinajstić information content (AvgIpc) is 2.64. The maximum atomic E-state index is 12.0. The largest absolute Gasteiger partial charge is 0.445 e. The Bertz CT molecular complexity index is 618. The molecule has 1 aliphatic rings. The van der Waals surface area contributed by atoms with E-state index in [2.05, 4.69) is 5.32 Å². The Balaban J connectivity index is 1.76. The molecule has 0 spiro atoms. The molecule has 1 aliphatic heterocycles. The molecule has 7 heteroatoms. The number of carbonyl (C=O) groups is 2. The fourth-order valence-electron chi connectivity index (χ4n) is 2.76. The van der Waals surface area contributed by atoms with Gasteiger partial charge in [-0.15, -0.1) is 0 Å². The van der Waals surface area contributed by atoms with Crippen LogP contribution in [0.4, 0.5) is 9.59 Å². The molecule has 0 aromatic heterocycles. The number of benzene rings is 1. The summed E-state index contributed by atoms with van der Waals surface area (Å²) in [6, 6.07) is 7.11. The number of nitrogens with one attached hydrogen (secondary N) is 1. The summed E-state index contributed by atoms with van der Waals surface area (Å²) in [4.78, 5) is 25.4. The second kappa shape index (κ2) is 9.60. The predicted octanol–water partition coefficient (Wildman–Crippen LogP) is 3.37. The molecule has 1 heterocycles. The lowest BCUT2D eigenvalue weighted by molar-refractivity contribution is 0.0491. The van der Waals surface area contributed by atoms with Crippen LogP contribution < -0.4 is 5.32 Å². The molecule has 2 rings (SSSR count). The third-order valence-electron chi connectivity index (χ3n) is 4.18. The first kappa shape index (κ1) is 21.0. The number of aliphatic hydroxyl groups excluding tert-OH is 1. The van der Waals surface area contributed by atoms with Crippen molar-refractivity contribution in [2.75, 3.05) is 19.6 Å². The zero-order valence-corrected chi connectivity index (χ0v) is 16.4. The molecule has 150 valence electrons. The highest BCUT2D eigenvalue weighted by molar-refractivity contribution is 5.68. The maximum Gasteiger partial charge on any atom is 0.410 e. The summed E-state index contributed by atoms with van der Waals surface area (Å²) >= 11 is 0. The minimum atomic E-state index is -0.845. The zero-order valence-electron chi connectivity index (χ0n) is 16.4. The van der Waals surface area contributed by atoms with Gasteiger partial charge in [-0.25, -0.2) is 9.59 Å². The quantitative estimate of drug-likeness (QED) is 0.820. The lowest BCUT2D eigenvalue weighted by Crippen LogP contribution is -2.35. The lowest BCUT2D eigenvalue weighted by Gasteiger charge is -2.25. The molecule has 2 N–H and O–H groups in total. The number of hydrogen-bond acceptors (Lipinski definition) is 5. The van der Waals surface area contributed by atoms with Gasteiger partial charge >= 0.3 is 12.2 Å². The van der Waals surface area contributed by atoms with Gasteiger partial charge in [0.15, 0.2) is 0 Å². The van der Waals surface area contributed by atoms with Gasteiger partial charge in [-0.2, -0.15) is 0 Å². The van der Waals surface area contributed by atoms with Crippen molar-refractivity contribution in [3.05, 3.63) is 35.4 Å². The van der Waals surface area contributed by atoms with E-state index in [9.17, 15) is 14.7 Å². The first-order chi connectivity index (χ1) is 12.7. The number of piperidine rings is 1. The van der Waals surface area contributed by atoms with Crippen LogP contribution in [-0.4, -0.2) is 47.4 Å². The molecular formula is C20H30N2O5. The molecule has 0 aliphatic carbocycles. The molecule has 1 aromatic carbocycles. The summed E-state index contributed by atoms with van der Waals surface area (Å²) in [5, 5.41) is 12.7. The van der Waals surface area contributed by atoms with E-state index < -0.39 is 17.8 Å². The average molecular weight is 378 g/mol. The van der Waals surface area contributed by atoms with E-state index in [1.165, 1.54) is 0 Å². The van der Waals surface area contributed by atoms with E-state index >= 15 is 0 Å². The van der Waals surface area contributed by atoms with Crippen molar-refractivity contribution >= 4 is 12.2 Å². The number of nitrogens with zero attached hydrogens (tertiary/aromatic N) is 1. The number of likely N-dealkylation sites (tertiary alicyclic amines) is 1. The minimum Gasteiger partial charge on any atom is -0.445 e. The maximum absolute atomic E-state index is 12.0. The van der Waals surface area contributed by atoms with E-state index in [1.807, 2.05) is 0 Å². The summed E-state index contributed by atoms with van der Waals surface area (Å²) in [5.74, 6) is 0. The summed E-state index contributed by atoms with van der Waals surface area (Å²) in [6.45, 7) is 7.10. The van der Waals surface area contributed by atoms with Gasteiger partial charge < -0.3 is 24.8 Å². The highest BCUT2D eigenvalue weighted by atomic mass is 16.6. The van der Waals surface area contributed by atoms with Crippen molar-refractivity contribution in [3.63, 3.8) is 0 Å². The first-order valence-electron chi connectivity index (χ1n) is 9.40. The summed E-state index contributed by atoms with van der Waals surface area (Å²) in [7, 11) is 0. The van der Waals surface area contributed by atoms with Crippen LogP contribution in [0.5, 0.6) is 0 Å². The second-order valence-electron chi connectivity index (χ2n) is 7.74. The summed E-state index contributed by atoms with van der Waals surface area (Å²) in [6.07, 6.45) is 1.53. The van der Waals surface area contributed by atoms with Crippen molar-refractivity contribution < 1.29 is 24.2 Å². The van der Waals surface area contributed by atoms with Crippen LogP contribution in [-0.2, 0) is 16.1 Å². The zero-order chi connectivity index (χ0) is 19.9. The number of hydrogen-bond donors (Lipinski definition) is 2. The third-order valence-corrected chi connectivity index (χ3v) is 4.18. The normalized spacial score (nSPS) is 15.8. The highest BCUT2D eigenvalue weighted by Crippen LogP contribution is 2.15. The van der Waals surface area contributed by atoms with Crippen LogP contribution in [0.2, 0.25) is 0 Å². The molecule has 1 aromatic rings. The van der Waals surface area contributed by atoms with E-state index in [1.54, 1.807) is 49.9 Å². The van der Waals surface area contributed by atoms with Crippen LogP contribution in [0.15, 0.2) is 24.3 Å². The number of aliphatic hydroxyl groups is 1. The SMILES string of the molecule is CC(C)(C)OC(=O)NC[C@@H](O)c1ccc(COC(=O)N2CCCCC2)cc1. The van der Waals surface area contributed by atoms with Crippen LogP contribution in [0.3, 0.4) is 0 Å². The van der Waals surface area contributed by atoms with Gasteiger partial charge in [-0.05, 0) is 51.2 Å². The van der Waals surface area contributed by atoms with Crippen LogP contribution in [0, 0.1) is 0 Å². The lowest BCUT2D eigenvalue weighted by atomic mass is 10.1. The number of ether oxygens (including phenoxy) is 2. The first-order valence-corrected chi connectivity index (χ1v) is 9.40. The molecule has 0 unspecified atom stereocenters. The molecular weight excluding hydrogens is 348 g/mol. The van der Waals surface area contributed by atoms with Crippen molar-refractivity contribution in [3.8, 4) is 0 Å². The number of amides is 2. The number of rotatable bonds is 5. The molecule has 0 bridgehead atoms. The van der Waals surface area contributed by atoms with Crippen molar-refractivity contribution in [2.45, 2.75) is 58.3 Å². The fraction of sp³-hybridized carbons (Fsp3) is 0.600. The topological polar surface area (TPSA) is 88.1 Å². The Labute approximate surface area is 160 Å². The minimum absolute atomic E-state index is 0.0538. The molecule has 0 saturated carbocycles. The predicted molar refractivity (Wildman–Crippen MR) is 101 cm³/mol. The van der Waals surface area contributed by atoms with Gasteiger partial charge in [0.2, 0.25) is 0 Å². The Kier molecular flexibility index (Phi) is 7.47. The van der Waals surface area contributed by atoms with E-state index in [4.69, 9.17) is 9.47 Å². The smallest absolute Gasteiger partial charge is 0.410 e. The van der Waals surface area contributed by atoms with E-state index in [-0.39, 0.29) is 19.2 Å². The molecule has 1 fully saturated rings. The second-order valence-corrected chi connectivity index (χ2v) is 7.74. The highest BCUT2D eigenvalue weighted by Gasteiger charge is 2.18. The summed E-state index contributed by atoms with van der Waals surface area (Å²) in [5.41, 5.74) is 0.927. The van der Waals surface area contributed by atoms with Gasteiger partial charge in [0.1, 0.15) is 12.2 Å². The molecule has 1 saturated heterocycles. The number of alkyl carbamates (subject to hydrolysis) is 1. The molecule has 0 radical (unpaired) electrons.